The SMILES string of the molecule is O=POCC=CF. The first-order valence-electron chi connectivity index (χ1n) is 1.61. The van der Waals surface area contributed by atoms with Gasteiger partial charge in [0.25, 0.3) is 0 Å². The van der Waals surface area contributed by atoms with Crippen LogP contribution in [0.5, 0.6) is 0 Å². The fourth-order valence-electron chi connectivity index (χ4n) is 0.110. The number of hydrogen-bond acceptors (Lipinski definition) is 2. The van der Waals surface area contributed by atoms with Crippen LogP contribution in [0.3, 0.4) is 0 Å². The second kappa shape index (κ2) is 5.73. The Balaban J connectivity index is 2.82. The van der Waals surface area contributed by atoms with Gasteiger partial charge >= 0.3 is 8.69 Å². The van der Waals surface area contributed by atoms with E-state index in [9.17, 15) is 8.96 Å². The highest BCUT2D eigenvalue weighted by Crippen LogP contribution is 1.92. The van der Waals surface area contributed by atoms with E-state index < -0.39 is 8.69 Å². The topological polar surface area (TPSA) is 26.3 Å². The third-order valence-electron chi connectivity index (χ3n) is 0.313. The normalized spacial score (nSPS) is 11.0. The number of rotatable bonds is 3. The second-order valence-corrected chi connectivity index (χ2v) is 1.14. The Labute approximate surface area is 42.3 Å². The Morgan fingerprint density at radius 1 is 1.86 bits per heavy atom. The lowest BCUT2D eigenvalue weighted by Crippen LogP contribution is -1.71. The van der Waals surface area contributed by atoms with Crippen LogP contribution in [0, 0.1) is 0 Å². The maximum absolute atomic E-state index is 11.0. The van der Waals surface area contributed by atoms with Crippen molar-refractivity contribution in [1.82, 2.24) is 0 Å². The summed E-state index contributed by atoms with van der Waals surface area (Å²) < 4.78 is 24.5. The van der Waals surface area contributed by atoms with Crippen molar-refractivity contribution < 1.29 is 13.5 Å². The molecule has 0 saturated carbocycles. The molecule has 0 saturated heterocycles. The molecule has 2 nitrogen and oxygen atoms in total. The molecule has 40 valence electrons. The zero-order chi connectivity index (χ0) is 5.54. The van der Waals surface area contributed by atoms with Crippen molar-refractivity contribution in [1.29, 1.82) is 0 Å². The largest absolute Gasteiger partial charge is 0.327 e. The van der Waals surface area contributed by atoms with Gasteiger partial charge in [0.2, 0.25) is 0 Å². The summed E-state index contributed by atoms with van der Waals surface area (Å²) in [7, 11) is -0.413. The summed E-state index contributed by atoms with van der Waals surface area (Å²) in [5.41, 5.74) is 0. The summed E-state index contributed by atoms with van der Waals surface area (Å²) in [6.07, 6.45) is 1.45. The van der Waals surface area contributed by atoms with Crippen molar-refractivity contribution in [3.05, 3.63) is 12.4 Å². The predicted octanol–water partition coefficient (Wildman–Crippen LogP) is 1.69. The molecular weight excluding hydrogens is 118 g/mol. The van der Waals surface area contributed by atoms with E-state index in [-0.39, 0.29) is 6.61 Å². The van der Waals surface area contributed by atoms with Gasteiger partial charge in [-0.1, -0.05) is 0 Å². The van der Waals surface area contributed by atoms with Gasteiger partial charge in [-0.25, -0.2) is 8.96 Å². The fourth-order valence-corrected chi connectivity index (χ4v) is 0.257. The summed E-state index contributed by atoms with van der Waals surface area (Å²) >= 11 is 0. The van der Waals surface area contributed by atoms with E-state index in [2.05, 4.69) is 4.52 Å². The first-order chi connectivity index (χ1) is 3.41. The molecule has 0 aromatic carbocycles. The highest BCUT2D eigenvalue weighted by atomic mass is 31.1. The first-order valence-corrected chi connectivity index (χ1v) is 2.34. The summed E-state index contributed by atoms with van der Waals surface area (Å²) in [6.45, 7) is 0.0571. The van der Waals surface area contributed by atoms with Gasteiger partial charge in [-0.15, -0.1) is 0 Å². The standard InChI is InChI=1S/C3H4FO2P/c4-2-1-3-6-7-5/h1-2H,3H2. The molecule has 0 N–H and O–H groups in total. The lowest BCUT2D eigenvalue weighted by atomic mass is 10.7. The molecule has 4 heteroatoms. The fraction of sp³-hybridized carbons (Fsp3) is 0.333. The Morgan fingerprint density at radius 3 is 3.00 bits per heavy atom. The van der Waals surface area contributed by atoms with Crippen LogP contribution in [0.1, 0.15) is 0 Å². The van der Waals surface area contributed by atoms with Gasteiger partial charge < -0.3 is 0 Å². The molecule has 0 unspecified atom stereocenters. The van der Waals surface area contributed by atoms with Gasteiger partial charge in [-0.05, 0) is 6.08 Å². The van der Waals surface area contributed by atoms with E-state index in [1.165, 1.54) is 0 Å². The maximum Gasteiger partial charge on any atom is 0.327 e. The molecule has 0 aliphatic heterocycles. The smallest absolute Gasteiger partial charge is 0.290 e. The third kappa shape index (κ3) is 5.73. The van der Waals surface area contributed by atoms with Gasteiger partial charge in [-0.2, -0.15) is 0 Å². The van der Waals surface area contributed by atoms with Crippen molar-refractivity contribution in [2.45, 2.75) is 0 Å². The van der Waals surface area contributed by atoms with E-state index in [0.717, 1.165) is 6.08 Å². The van der Waals surface area contributed by atoms with E-state index in [4.69, 9.17) is 0 Å². The van der Waals surface area contributed by atoms with Gasteiger partial charge in [-0.3, -0.25) is 4.52 Å². The van der Waals surface area contributed by atoms with Crippen LogP contribution in [0.4, 0.5) is 4.39 Å². The van der Waals surface area contributed by atoms with Gasteiger partial charge in [0.05, 0.1) is 12.9 Å². The Hall–Kier alpha value is -0.270. The molecule has 0 rings (SSSR count). The van der Waals surface area contributed by atoms with Crippen LogP contribution in [-0.4, -0.2) is 6.61 Å². The molecule has 0 heterocycles. The monoisotopic (exact) mass is 122 g/mol. The van der Waals surface area contributed by atoms with Gasteiger partial charge in [0.15, 0.2) is 0 Å². The number of hydrogen-bond donors (Lipinski definition) is 0. The van der Waals surface area contributed by atoms with E-state index in [0.29, 0.717) is 6.33 Å². The molecule has 0 aliphatic rings. The molecule has 0 spiro atoms. The van der Waals surface area contributed by atoms with Crippen molar-refractivity contribution in [2.24, 2.45) is 0 Å². The Bertz CT molecular complexity index is 73.3. The van der Waals surface area contributed by atoms with Crippen LogP contribution in [-0.2, 0) is 9.09 Å². The van der Waals surface area contributed by atoms with Crippen LogP contribution in [0.25, 0.3) is 0 Å². The molecule has 0 atom stereocenters. The molecule has 0 fully saturated rings. The minimum Gasteiger partial charge on any atom is -0.290 e. The lowest BCUT2D eigenvalue weighted by Gasteiger charge is -1.77. The zero-order valence-electron chi connectivity index (χ0n) is 3.50. The lowest BCUT2D eigenvalue weighted by molar-refractivity contribution is 0.385. The van der Waals surface area contributed by atoms with Crippen molar-refractivity contribution >= 4 is 8.69 Å². The minimum atomic E-state index is -0.413. The molecule has 0 bridgehead atoms. The highest BCUT2D eigenvalue weighted by Gasteiger charge is 1.73. The van der Waals surface area contributed by atoms with Crippen molar-refractivity contribution in [3.63, 3.8) is 0 Å². The molecular formula is C3H4FO2P. The molecule has 0 aromatic rings. The van der Waals surface area contributed by atoms with E-state index in [1.54, 1.807) is 0 Å². The summed E-state index contributed by atoms with van der Waals surface area (Å²) in [6, 6.07) is 0. The predicted molar refractivity (Wildman–Crippen MR) is 23.8 cm³/mol. The molecule has 0 radical (unpaired) electrons. The van der Waals surface area contributed by atoms with Crippen molar-refractivity contribution in [3.8, 4) is 0 Å². The van der Waals surface area contributed by atoms with Gasteiger partial charge in [0, 0.05) is 0 Å². The highest BCUT2D eigenvalue weighted by molar-refractivity contribution is 7.17. The van der Waals surface area contributed by atoms with Crippen LogP contribution in [0.2, 0.25) is 0 Å². The average Bonchev–Trinajstić information content (AvgIpc) is 1.69. The zero-order valence-corrected chi connectivity index (χ0v) is 4.40. The molecule has 7 heavy (non-hydrogen) atoms. The molecule has 0 aliphatic carbocycles. The quantitative estimate of drug-likeness (QED) is 0.420. The average molecular weight is 122 g/mol. The van der Waals surface area contributed by atoms with E-state index >= 15 is 0 Å². The Kier molecular flexibility index (Phi) is 5.51. The third-order valence-corrected chi connectivity index (χ3v) is 0.567. The summed E-state index contributed by atoms with van der Waals surface area (Å²) in [5.74, 6) is 0. The summed E-state index contributed by atoms with van der Waals surface area (Å²) in [5, 5.41) is 0. The molecule has 0 aromatic heterocycles. The Morgan fingerprint density at radius 2 is 2.57 bits per heavy atom. The second-order valence-electron chi connectivity index (χ2n) is 0.732. The summed E-state index contributed by atoms with van der Waals surface area (Å²) in [4.78, 5) is 0. The minimum absolute atomic E-state index is 0.0571. The molecule has 0 amide bonds. The van der Waals surface area contributed by atoms with E-state index in [1.807, 2.05) is 0 Å². The van der Waals surface area contributed by atoms with Gasteiger partial charge in [0.1, 0.15) is 0 Å². The van der Waals surface area contributed by atoms with Crippen LogP contribution < -0.4 is 0 Å². The van der Waals surface area contributed by atoms with Crippen molar-refractivity contribution in [2.75, 3.05) is 6.61 Å². The first kappa shape index (κ1) is 6.73. The maximum atomic E-state index is 11.0. The van der Waals surface area contributed by atoms with Crippen LogP contribution >= 0.6 is 8.69 Å². The van der Waals surface area contributed by atoms with Crippen LogP contribution in [0.15, 0.2) is 12.4 Å². The number of halogens is 1.